The zero-order valence-electron chi connectivity index (χ0n) is 9.37. The molecule has 94 valence electrons. The van der Waals surface area contributed by atoms with Crippen LogP contribution in [0.15, 0.2) is 29.2 Å². The van der Waals surface area contributed by atoms with Gasteiger partial charge in [-0.1, -0.05) is 36.1 Å². The van der Waals surface area contributed by atoms with Gasteiger partial charge < -0.3 is 10.2 Å². The van der Waals surface area contributed by atoms with Gasteiger partial charge in [-0.05, 0) is 23.8 Å². The van der Waals surface area contributed by atoms with Gasteiger partial charge in [0, 0.05) is 0 Å². The van der Waals surface area contributed by atoms with Crippen molar-refractivity contribution in [2.75, 3.05) is 13.2 Å². The number of thioether (sulfide) groups is 1. The number of thiocarbonyl (C=S) groups is 1. The molecule has 6 heteroatoms. The number of hydrogen-bond acceptors (Lipinski definition) is 5. The molecule has 1 fully saturated rings. The highest BCUT2D eigenvalue weighted by atomic mass is 32.2. The summed E-state index contributed by atoms with van der Waals surface area (Å²) in [6.07, 6.45) is 1.72. The molecule has 1 aliphatic rings. The van der Waals surface area contributed by atoms with Gasteiger partial charge in [-0.2, -0.15) is 0 Å². The summed E-state index contributed by atoms with van der Waals surface area (Å²) in [6.45, 7) is 0.108. The van der Waals surface area contributed by atoms with E-state index in [2.05, 4.69) is 0 Å². The SMILES string of the molecule is O=C1/C(=C\c2ccc(O)cc2)SC(=S)N1CCO. The number of β-amino-alcohol motifs (C(OH)–C–C–N with tert-alkyl or cyclic N) is 1. The van der Waals surface area contributed by atoms with E-state index in [-0.39, 0.29) is 24.8 Å². The first-order chi connectivity index (χ1) is 8.61. The van der Waals surface area contributed by atoms with E-state index in [0.717, 1.165) is 5.56 Å². The quantitative estimate of drug-likeness (QED) is 0.651. The molecule has 0 bridgehead atoms. The Hall–Kier alpha value is -1.37. The number of aromatic hydroxyl groups is 1. The van der Waals surface area contributed by atoms with Crippen molar-refractivity contribution in [3.8, 4) is 5.75 Å². The summed E-state index contributed by atoms with van der Waals surface area (Å²) in [5.41, 5.74) is 0.817. The van der Waals surface area contributed by atoms with E-state index >= 15 is 0 Å². The van der Waals surface area contributed by atoms with Crippen LogP contribution in [0.25, 0.3) is 6.08 Å². The zero-order valence-corrected chi connectivity index (χ0v) is 11.0. The van der Waals surface area contributed by atoms with Gasteiger partial charge in [0.2, 0.25) is 0 Å². The van der Waals surface area contributed by atoms with Crippen LogP contribution in [0.4, 0.5) is 0 Å². The smallest absolute Gasteiger partial charge is 0.266 e. The Bertz CT molecular complexity index is 511. The molecule has 0 spiro atoms. The van der Waals surface area contributed by atoms with E-state index in [0.29, 0.717) is 9.23 Å². The number of aliphatic hydroxyl groups excluding tert-OH is 1. The lowest BCUT2D eigenvalue weighted by atomic mass is 10.2. The zero-order chi connectivity index (χ0) is 13.1. The number of hydrogen-bond donors (Lipinski definition) is 2. The fourth-order valence-electron chi connectivity index (χ4n) is 1.51. The molecular weight excluding hydrogens is 270 g/mol. The molecule has 4 nitrogen and oxygen atoms in total. The van der Waals surface area contributed by atoms with Crippen molar-refractivity contribution in [1.82, 2.24) is 4.90 Å². The molecule has 0 unspecified atom stereocenters. The summed E-state index contributed by atoms with van der Waals surface area (Å²) >= 11 is 6.29. The lowest BCUT2D eigenvalue weighted by molar-refractivity contribution is -0.122. The van der Waals surface area contributed by atoms with Gasteiger partial charge in [0.15, 0.2) is 0 Å². The van der Waals surface area contributed by atoms with Crippen LogP contribution in [-0.4, -0.2) is 38.5 Å². The van der Waals surface area contributed by atoms with Crippen molar-refractivity contribution in [1.29, 1.82) is 0 Å². The number of rotatable bonds is 3. The minimum atomic E-state index is -0.188. The Labute approximate surface area is 114 Å². The largest absolute Gasteiger partial charge is 0.508 e. The number of carbonyl (C=O) groups excluding carboxylic acids is 1. The normalized spacial score (nSPS) is 17.8. The molecule has 1 saturated heterocycles. The maximum absolute atomic E-state index is 12.0. The summed E-state index contributed by atoms with van der Waals surface area (Å²) in [5, 5.41) is 18.0. The predicted molar refractivity (Wildman–Crippen MR) is 75.1 cm³/mol. The summed E-state index contributed by atoms with van der Waals surface area (Å²) in [6, 6.07) is 6.54. The van der Waals surface area contributed by atoms with Gasteiger partial charge in [0.05, 0.1) is 18.1 Å². The third-order valence-electron chi connectivity index (χ3n) is 2.39. The summed E-state index contributed by atoms with van der Waals surface area (Å²) < 4.78 is 0.457. The highest BCUT2D eigenvalue weighted by molar-refractivity contribution is 8.26. The van der Waals surface area contributed by atoms with Crippen LogP contribution in [0, 0.1) is 0 Å². The van der Waals surface area contributed by atoms with Crippen molar-refractivity contribution < 1.29 is 15.0 Å². The molecule has 0 aromatic heterocycles. The minimum absolute atomic E-state index is 0.112. The predicted octanol–water partition coefficient (Wildman–Crippen LogP) is 1.59. The number of aliphatic hydroxyl groups is 1. The highest BCUT2D eigenvalue weighted by Crippen LogP contribution is 2.32. The Balaban J connectivity index is 2.22. The second kappa shape index (κ2) is 5.51. The summed E-state index contributed by atoms with van der Waals surface area (Å²) in [7, 11) is 0. The van der Waals surface area contributed by atoms with Crippen molar-refractivity contribution >= 4 is 40.3 Å². The van der Waals surface area contributed by atoms with Gasteiger partial charge in [-0.15, -0.1) is 0 Å². The van der Waals surface area contributed by atoms with Crippen LogP contribution >= 0.6 is 24.0 Å². The first-order valence-electron chi connectivity index (χ1n) is 5.27. The minimum Gasteiger partial charge on any atom is -0.508 e. The number of phenols is 1. The van der Waals surface area contributed by atoms with E-state index in [4.69, 9.17) is 17.3 Å². The fraction of sp³-hybridized carbons (Fsp3) is 0.167. The van der Waals surface area contributed by atoms with E-state index in [1.54, 1.807) is 30.3 Å². The van der Waals surface area contributed by atoms with Gasteiger partial charge >= 0.3 is 0 Å². The van der Waals surface area contributed by atoms with Gasteiger partial charge in [-0.25, -0.2) is 0 Å². The van der Waals surface area contributed by atoms with Crippen LogP contribution in [0.1, 0.15) is 5.56 Å². The van der Waals surface area contributed by atoms with E-state index < -0.39 is 0 Å². The van der Waals surface area contributed by atoms with Crippen LogP contribution in [-0.2, 0) is 4.79 Å². The molecule has 1 aliphatic heterocycles. The topological polar surface area (TPSA) is 60.8 Å². The first-order valence-corrected chi connectivity index (χ1v) is 6.49. The van der Waals surface area contributed by atoms with Crippen LogP contribution in [0.2, 0.25) is 0 Å². The van der Waals surface area contributed by atoms with Gasteiger partial charge in [-0.3, -0.25) is 9.69 Å². The molecule has 0 saturated carbocycles. The molecule has 1 aromatic carbocycles. The Morgan fingerprint density at radius 1 is 1.33 bits per heavy atom. The third kappa shape index (κ3) is 2.72. The van der Waals surface area contributed by atoms with E-state index in [1.165, 1.54) is 16.7 Å². The van der Waals surface area contributed by atoms with Crippen molar-refractivity contribution in [2.45, 2.75) is 0 Å². The molecule has 0 atom stereocenters. The Morgan fingerprint density at radius 3 is 2.61 bits per heavy atom. The van der Waals surface area contributed by atoms with Crippen LogP contribution in [0.3, 0.4) is 0 Å². The number of benzene rings is 1. The molecule has 2 rings (SSSR count). The number of carbonyl (C=O) groups is 1. The monoisotopic (exact) mass is 281 g/mol. The number of nitrogens with zero attached hydrogens (tertiary/aromatic N) is 1. The van der Waals surface area contributed by atoms with Crippen LogP contribution in [0.5, 0.6) is 5.75 Å². The summed E-state index contributed by atoms with van der Waals surface area (Å²) in [4.78, 5) is 13.9. The average Bonchev–Trinajstić information content (AvgIpc) is 2.60. The molecule has 0 radical (unpaired) electrons. The average molecular weight is 281 g/mol. The lowest BCUT2D eigenvalue weighted by Gasteiger charge is -2.11. The number of amides is 1. The standard InChI is InChI=1S/C12H11NO3S2/c14-6-5-13-11(16)10(18-12(13)17)7-8-1-3-9(15)4-2-8/h1-4,7,14-15H,5-6H2/b10-7+. The second-order valence-corrected chi connectivity index (χ2v) is 5.32. The second-order valence-electron chi connectivity index (χ2n) is 3.65. The molecule has 0 aliphatic carbocycles. The fourth-order valence-corrected chi connectivity index (χ4v) is 2.82. The lowest BCUT2D eigenvalue weighted by Crippen LogP contribution is -2.30. The van der Waals surface area contributed by atoms with Gasteiger partial charge in [0.1, 0.15) is 10.1 Å². The number of phenolic OH excluding ortho intramolecular Hbond substituents is 1. The Morgan fingerprint density at radius 2 is 2.00 bits per heavy atom. The van der Waals surface area contributed by atoms with E-state index in [1.807, 2.05) is 0 Å². The van der Waals surface area contributed by atoms with Crippen LogP contribution < -0.4 is 0 Å². The molecular formula is C12H11NO3S2. The van der Waals surface area contributed by atoms with Crippen molar-refractivity contribution in [3.63, 3.8) is 0 Å². The third-order valence-corrected chi connectivity index (χ3v) is 3.77. The van der Waals surface area contributed by atoms with Gasteiger partial charge in [0.25, 0.3) is 5.91 Å². The van der Waals surface area contributed by atoms with E-state index in [9.17, 15) is 9.90 Å². The molecule has 1 heterocycles. The Kier molecular flexibility index (Phi) is 4.00. The van der Waals surface area contributed by atoms with Crippen molar-refractivity contribution in [2.24, 2.45) is 0 Å². The maximum Gasteiger partial charge on any atom is 0.266 e. The maximum atomic E-state index is 12.0. The molecule has 2 N–H and O–H groups in total. The summed E-state index contributed by atoms with van der Waals surface area (Å²) in [5.74, 6) is -0.00731. The first kappa shape index (κ1) is 13.1. The molecule has 1 amide bonds. The molecule has 18 heavy (non-hydrogen) atoms. The highest BCUT2D eigenvalue weighted by Gasteiger charge is 2.31. The van der Waals surface area contributed by atoms with Crippen molar-refractivity contribution in [3.05, 3.63) is 34.7 Å². The molecule has 1 aromatic rings.